The molecule has 0 unspecified atom stereocenters. The van der Waals surface area contributed by atoms with Crippen LogP contribution in [-0.2, 0) is 11.8 Å². The smallest absolute Gasteiger partial charge is 0.248 e. The van der Waals surface area contributed by atoms with Crippen molar-refractivity contribution >= 4 is 15.9 Å². The first-order valence-electron chi connectivity index (χ1n) is 3.99. The molecule has 0 fully saturated rings. The molecular weight excluding hydrogens is 273 g/mol. The fourth-order valence-electron chi connectivity index (χ4n) is 1.08. The van der Waals surface area contributed by atoms with Gasteiger partial charge in [-0.1, -0.05) is 15.9 Å². The van der Waals surface area contributed by atoms with Crippen LogP contribution in [-0.4, -0.2) is 4.98 Å². The summed E-state index contributed by atoms with van der Waals surface area (Å²) >= 11 is 2.98. The highest BCUT2D eigenvalue weighted by atomic mass is 79.9. The molecule has 2 nitrogen and oxygen atoms in total. The van der Waals surface area contributed by atoms with Crippen molar-refractivity contribution in [1.29, 1.82) is 5.26 Å². The molecule has 6 heteroatoms. The molecule has 0 amide bonds. The topological polar surface area (TPSA) is 36.7 Å². The van der Waals surface area contributed by atoms with E-state index in [9.17, 15) is 13.2 Å². The van der Waals surface area contributed by atoms with E-state index in [0.717, 1.165) is 0 Å². The van der Waals surface area contributed by atoms with Crippen LogP contribution in [0.5, 0.6) is 0 Å². The summed E-state index contributed by atoms with van der Waals surface area (Å²) in [7, 11) is 0. The van der Waals surface area contributed by atoms with Gasteiger partial charge in [-0.3, -0.25) is 0 Å². The molecule has 0 bridgehead atoms. The van der Waals surface area contributed by atoms with Crippen LogP contribution in [0, 0.1) is 17.1 Å². The quantitative estimate of drug-likeness (QED) is 0.797. The first kappa shape index (κ1) is 12.0. The van der Waals surface area contributed by atoms with Gasteiger partial charge in [-0.2, -0.15) is 5.26 Å². The van der Waals surface area contributed by atoms with Gasteiger partial charge in [0.25, 0.3) is 6.43 Å². The molecule has 80 valence electrons. The van der Waals surface area contributed by atoms with Gasteiger partial charge in [-0.05, 0) is 6.07 Å². The van der Waals surface area contributed by atoms with E-state index in [1.807, 2.05) is 0 Å². The molecule has 0 saturated heterocycles. The minimum atomic E-state index is -2.97. The summed E-state index contributed by atoms with van der Waals surface area (Å²) in [6, 6.07) is 3.08. The van der Waals surface area contributed by atoms with E-state index < -0.39 is 17.9 Å². The van der Waals surface area contributed by atoms with Crippen molar-refractivity contribution < 1.29 is 13.2 Å². The summed E-state index contributed by atoms with van der Waals surface area (Å²) < 4.78 is 38.0. The lowest BCUT2D eigenvalue weighted by atomic mass is 10.1. The van der Waals surface area contributed by atoms with Crippen molar-refractivity contribution in [2.24, 2.45) is 0 Å². The van der Waals surface area contributed by atoms with Crippen molar-refractivity contribution in [3.8, 4) is 6.07 Å². The van der Waals surface area contributed by atoms with E-state index >= 15 is 0 Å². The molecule has 0 radical (unpaired) electrons. The number of nitrogens with zero attached hydrogens (tertiary/aromatic N) is 2. The summed E-state index contributed by atoms with van der Waals surface area (Å²) in [5.74, 6) is -1.01. The van der Waals surface area contributed by atoms with Gasteiger partial charge in [0, 0.05) is 10.9 Å². The van der Waals surface area contributed by atoms with E-state index in [1.165, 1.54) is 6.07 Å². The lowest BCUT2D eigenvalue weighted by molar-refractivity contribution is 0.140. The Morgan fingerprint density at radius 2 is 2.20 bits per heavy atom. The Labute approximate surface area is 92.9 Å². The first-order valence-corrected chi connectivity index (χ1v) is 5.11. The minimum absolute atomic E-state index is 0.0885. The number of rotatable bonds is 3. The summed E-state index contributed by atoms with van der Waals surface area (Å²) in [5, 5.41) is 8.51. The number of halogens is 4. The number of hydrogen-bond acceptors (Lipinski definition) is 2. The number of pyridine rings is 1. The van der Waals surface area contributed by atoms with Gasteiger partial charge in [0.1, 0.15) is 5.69 Å². The van der Waals surface area contributed by atoms with Gasteiger partial charge in [0.05, 0.1) is 18.2 Å². The molecule has 0 spiro atoms. The van der Waals surface area contributed by atoms with Gasteiger partial charge in [0.2, 0.25) is 0 Å². The second-order valence-corrected chi connectivity index (χ2v) is 3.30. The molecule has 1 rings (SSSR count). The monoisotopic (exact) mass is 278 g/mol. The second kappa shape index (κ2) is 5.12. The van der Waals surface area contributed by atoms with Crippen LogP contribution in [0.25, 0.3) is 0 Å². The Kier molecular flexibility index (Phi) is 4.09. The van der Waals surface area contributed by atoms with Crippen LogP contribution in [0.1, 0.15) is 23.4 Å². The zero-order valence-electron chi connectivity index (χ0n) is 7.48. The molecule has 0 saturated carbocycles. The van der Waals surface area contributed by atoms with Gasteiger partial charge >= 0.3 is 0 Å². The Hall–Kier alpha value is -1.09. The average Bonchev–Trinajstić information content (AvgIpc) is 2.20. The Morgan fingerprint density at radius 1 is 1.53 bits per heavy atom. The molecule has 0 atom stereocenters. The predicted octanol–water partition coefficient (Wildman–Crippen LogP) is 3.12. The lowest BCUT2D eigenvalue weighted by Crippen LogP contribution is -2.03. The minimum Gasteiger partial charge on any atom is -0.248 e. The van der Waals surface area contributed by atoms with Gasteiger partial charge in [0.15, 0.2) is 5.82 Å². The van der Waals surface area contributed by atoms with Crippen LogP contribution in [0.2, 0.25) is 0 Å². The van der Waals surface area contributed by atoms with E-state index in [1.54, 1.807) is 6.07 Å². The highest BCUT2D eigenvalue weighted by Gasteiger charge is 2.19. The Balaban J connectivity index is 3.26. The third-order valence-corrected chi connectivity index (χ3v) is 2.33. The third-order valence-electron chi connectivity index (χ3n) is 1.72. The van der Waals surface area contributed by atoms with Gasteiger partial charge < -0.3 is 0 Å². The number of nitriles is 1. The van der Waals surface area contributed by atoms with Crippen LogP contribution in [0.3, 0.4) is 0 Å². The zero-order chi connectivity index (χ0) is 11.4. The van der Waals surface area contributed by atoms with E-state index in [-0.39, 0.29) is 23.0 Å². The molecule has 0 N–H and O–H groups in total. The summed E-state index contributed by atoms with van der Waals surface area (Å²) in [5.41, 5.74) is -0.647. The third kappa shape index (κ3) is 2.69. The summed E-state index contributed by atoms with van der Waals surface area (Å²) in [4.78, 5) is 3.40. The van der Waals surface area contributed by atoms with Crippen LogP contribution in [0.15, 0.2) is 6.07 Å². The van der Waals surface area contributed by atoms with Crippen LogP contribution >= 0.6 is 15.9 Å². The molecule has 0 aromatic carbocycles. The van der Waals surface area contributed by atoms with E-state index in [0.29, 0.717) is 0 Å². The molecule has 1 heterocycles. The Bertz CT molecular complexity index is 401. The number of alkyl halides is 3. The summed E-state index contributed by atoms with van der Waals surface area (Å²) in [6.45, 7) is 0. The molecule has 0 aliphatic rings. The van der Waals surface area contributed by atoms with Crippen LogP contribution in [0.4, 0.5) is 13.2 Å². The molecule has 0 aliphatic carbocycles. The second-order valence-electron chi connectivity index (χ2n) is 2.74. The fourth-order valence-corrected chi connectivity index (χ4v) is 1.49. The zero-order valence-corrected chi connectivity index (χ0v) is 9.06. The van der Waals surface area contributed by atoms with Crippen molar-refractivity contribution in [3.63, 3.8) is 0 Å². The molecule has 1 aromatic rings. The van der Waals surface area contributed by atoms with Crippen molar-refractivity contribution in [2.75, 3.05) is 0 Å². The number of aromatic nitrogens is 1. The maximum absolute atomic E-state index is 13.3. The molecule has 15 heavy (non-hydrogen) atoms. The van der Waals surface area contributed by atoms with Crippen molar-refractivity contribution in [1.82, 2.24) is 4.98 Å². The summed E-state index contributed by atoms with van der Waals surface area (Å²) in [6.07, 6.45) is -3.08. The Morgan fingerprint density at radius 3 is 2.67 bits per heavy atom. The highest BCUT2D eigenvalue weighted by molar-refractivity contribution is 9.08. The van der Waals surface area contributed by atoms with Crippen LogP contribution < -0.4 is 0 Å². The normalized spacial score (nSPS) is 10.4. The van der Waals surface area contributed by atoms with Gasteiger partial charge in [-0.25, -0.2) is 18.2 Å². The SMILES string of the molecule is N#CCc1cc(CBr)c(F)c(C(F)F)n1. The largest absolute Gasteiger partial charge is 0.283 e. The van der Waals surface area contributed by atoms with Crippen molar-refractivity contribution in [3.05, 3.63) is 28.8 Å². The standard InChI is InChI=1S/C9H6BrF3N2/c10-4-5-3-6(1-2-14)15-8(7(5)11)9(12)13/h3,9H,1,4H2. The van der Waals surface area contributed by atoms with E-state index in [4.69, 9.17) is 5.26 Å². The lowest BCUT2D eigenvalue weighted by Gasteiger charge is -2.07. The molecular formula is C9H6BrF3N2. The highest BCUT2D eigenvalue weighted by Crippen LogP contribution is 2.24. The first-order chi connectivity index (χ1) is 7.10. The fraction of sp³-hybridized carbons (Fsp3) is 0.333. The maximum atomic E-state index is 13.3. The maximum Gasteiger partial charge on any atom is 0.283 e. The molecule has 0 aliphatic heterocycles. The molecule has 1 aromatic heterocycles. The number of hydrogen-bond donors (Lipinski definition) is 0. The van der Waals surface area contributed by atoms with Gasteiger partial charge in [-0.15, -0.1) is 0 Å². The van der Waals surface area contributed by atoms with Crippen molar-refractivity contribution in [2.45, 2.75) is 18.2 Å². The average molecular weight is 279 g/mol. The van der Waals surface area contributed by atoms with E-state index in [2.05, 4.69) is 20.9 Å². The predicted molar refractivity (Wildman–Crippen MR) is 51.1 cm³/mol.